The number of aromatic hydroxyl groups is 3. The van der Waals surface area contributed by atoms with Crippen molar-refractivity contribution in [2.75, 3.05) is 0 Å². The second kappa shape index (κ2) is 3.91. The minimum absolute atomic E-state index is 0. The molecule has 1 aromatic carbocycles. The maximum absolute atomic E-state index is 8.67. The average molecular weight is 166 g/mol. The van der Waals surface area contributed by atoms with E-state index in [9.17, 15) is 0 Å². The molecule has 0 saturated carbocycles. The topological polar surface area (TPSA) is 60.7 Å². The van der Waals surface area contributed by atoms with Crippen molar-refractivity contribution >= 4 is 37.7 Å². The fraction of sp³-hybridized carbons (Fsp3) is 0. The normalized spacial score (nSPS) is 8.40. The summed E-state index contributed by atoms with van der Waals surface area (Å²) >= 11 is 0. The molecule has 10 heavy (non-hydrogen) atoms. The van der Waals surface area contributed by atoms with Gasteiger partial charge >= 0.3 is 0 Å². The van der Waals surface area contributed by atoms with Crippen LogP contribution in [0.2, 0.25) is 0 Å². The van der Waals surface area contributed by atoms with E-state index in [1.54, 1.807) is 0 Å². The summed E-state index contributed by atoms with van der Waals surface area (Å²) in [7, 11) is 0. The Hall–Kier alpha value is -0.120. The van der Waals surface area contributed by atoms with Crippen molar-refractivity contribution in [1.82, 2.24) is 0 Å². The number of rotatable bonds is 0. The van der Waals surface area contributed by atoms with Crippen molar-refractivity contribution in [1.29, 1.82) is 0 Å². The van der Waals surface area contributed by atoms with Gasteiger partial charge in [-0.15, -0.1) is 0 Å². The monoisotopic (exact) mass is 166 g/mol. The van der Waals surface area contributed by atoms with Crippen molar-refractivity contribution in [2.45, 2.75) is 0 Å². The van der Waals surface area contributed by atoms with Gasteiger partial charge in [0.25, 0.3) is 0 Å². The molecule has 0 aliphatic carbocycles. The van der Waals surface area contributed by atoms with E-state index in [-0.39, 0.29) is 55.0 Å². The Morgan fingerprint density at radius 3 is 1.10 bits per heavy atom. The molecule has 0 atom stereocenters. The van der Waals surface area contributed by atoms with Gasteiger partial charge in [-0.2, -0.15) is 0 Å². The molecular formula is C6H6CaO3. The third-order valence-corrected chi connectivity index (χ3v) is 0.887. The van der Waals surface area contributed by atoms with Crippen LogP contribution in [0, 0.1) is 0 Å². The molecule has 4 heteroatoms. The van der Waals surface area contributed by atoms with Crippen LogP contribution in [0.4, 0.5) is 0 Å². The third-order valence-electron chi connectivity index (χ3n) is 0.887. The van der Waals surface area contributed by atoms with Crippen molar-refractivity contribution < 1.29 is 15.3 Å². The first-order chi connectivity index (χ1) is 4.18. The molecular weight excluding hydrogens is 160 g/mol. The van der Waals surface area contributed by atoms with Gasteiger partial charge in [-0.05, 0) is 0 Å². The molecule has 0 amide bonds. The SMILES string of the molecule is Oc1cc(O)cc(O)c1.[Ca]. The van der Waals surface area contributed by atoms with E-state index in [0.29, 0.717) is 0 Å². The van der Waals surface area contributed by atoms with Crippen LogP contribution in [0.3, 0.4) is 0 Å². The van der Waals surface area contributed by atoms with Gasteiger partial charge in [-0.3, -0.25) is 0 Å². The zero-order valence-electron chi connectivity index (χ0n) is 5.28. The Morgan fingerprint density at radius 1 is 0.700 bits per heavy atom. The molecule has 3 nitrogen and oxygen atoms in total. The molecule has 0 fully saturated rings. The summed E-state index contributed by atoms with van der Waals surface area (Å²) in [6.45, 7) is 0. The summed E-state index contributed by atoms with van der Waals surface area (Å²) in [5.41, 5.74) is 0. The van der Waals surface area contributed by atoms with Crippen molar-refractivity contribution in [3.05, 3.63) is 18.2 Å². The van der Waals surface area contributed by atoms with Gasteiger partial charge < -0.3 is 15.3 Å². The molecule has 0 saturated heterocycles. The number of hydrogen-bond acceptors (Lipinski definition) is 3. The quantitative estimate of drug-likeness (QED) is 0.489. The predicted molar refractivity (Wildman–Crippen MR) is 37.2 cm³/mol. The van der Waals surface area contributed by atoms with E-state index in [1.807, 2.05) is 0 Å². The second-order valence-electron chi connectivity index (χ2n) is 1.71. The van der Waals surface area contributed by atoms with Crippen LogP contribution in [-0.2, 0) is 0 Å². The first-order valence-corrected chi connectivity index (χ1v) is 2.40. The Bertz CT molecular complexity index is 174. The van der Waals surface area contributed by atoms with Crippen LogP contribution in [0.5, 0.6) is 17.2 Å². The summed E-state index contributed by atoms with van der Waals surface area (Å²) < 4.78 is 0. The summed E-state index contributed by atoms with van der Waals surface area (Å²) in [5, 5.41) is 26.0. The van der Waals surface area contributed by atoms with E-state index >= 15 is 0 Å². The average Bonchev–Trinajstić information content (AvgIpc) is 1.59. The van der Waals surface area contributed by atoms with Crippen molar-refractivity contribution in [3.63, 3.8) is 0 Å². The number of hydrogen-bond donors (Lipinski definition) is 3. The molecule has 0 aliphatic heterocycles. The van der Waals surface area contributed by atoms with E-state index < -0.39 is 0 Å². The Balaban J connectivity index is 0.000000810. The van der Waals surface area contributed by atoms with Gasteiger partial charge in [0, 0.05) is 55.9 Å². The van der Waals surface area contributed by atoms with Crippen LogP contribution in [0.1, 0.15) is 0 Å². The van der Waals surface area contributed by atoms with Gasteiger partial charge in [0.05, 0.1) is 0 Å². The number of phenols is 3. The minimum atomic E-state index is -0.146. The number of benzene rings is 1. The summed E-state index contributed by atoms with van der Waals surface area (Å²) in [4.78, 5) is 0. The first-order valence-electron chi connectivity index (χ1n) is 2.40. The van der Waals surface area contributed by atoms with E-state index in [2.05, 4.69) is 0 Å². The second-order valence-corrected chi connectivity index (χ2v) is 1.71. The van der Waals surface area contributed by atoms with E-state index in [4.69, 9.17) is 15.3 Å². The van der Waals surface area contributed by atoms with Crippen LogP contribution in [0.15, 0.2) is 18.2 Å². The molecule has 50 valence electrons. The molecule has 1 rings (SSSR count). The summed E-state index contributed by atoms with van der Waals surface area (Å²) in [5.74, 6) is -0.437. The smallest absolute Gasteiger partial charge is 0.122 e. The summed E-state index contributed by atoms with van der Waals surface area (Å²) in [6, 6.07) is 3.42. The molecule has 0 heterocycles. The van der Waals surface area contributed by atoms with Gasteiger partial charge in [0.15, 0.2) is 0 Å². The Labute approximate surface area is 87.9 Å². The molecule has 2 radical (unpaired) electrons. The Kier molecular flexibility index (Phi) is 3.86. The van der Waals surface area contributed by atoms with Crippen LogP contribution in [-0.4, -0.2) is 53.1 Å². The van der Waals surface area contributed by atoms with Gasteiger partial charge in [-0.25, -0.2) is 0 Å². The Morgan fingerprint density at radius 2 is 0.900 bits per heavy atom. The molecule has 0 aromatic heterocycles. The van der Waals surface area contributed by atoms with E-state index in [1.165, 1.54) is 0 Å². The zero-order chi connectivity index (χ0) is 6.85. The fourth-order valence-corrected chi connectivity index (χ4v) is 0.580. The molecule has 3 N–H and O–H groups in total. The first kappa shape index (κ1) is 9.88. The van der Waals surface area contributed by atoms with Crippen molar-refractivity contribution in [3.8, 4) is 17.2 Å². The van der Waals surface area contributed by atoms with E-state index in [0.717, 1.165) is 18.2 Å². The fourth-order valence-electron chi connectivity index (χ4n) is 0.580. The van der Waals surface area contributed by atoms with Crippen LogP contribution >= 0.6 is 0 Å². The standard InChI is InChI=1S/C6H6O3.Ca/c7-4-1-5(8)3-6(9)2-4;/h1-3,7-9H;. The molecule has 0 unspecified atom stereocenters. The van der Waals surface area contributed by atoms with Crippen LogP contribution < -0.4 is 0 Å². The van der Waals surface area contributed by atoms with Crippen LogP contribution in [0.25, 0.3) is 0 Å². The van der Waals surface area contributed by atoms with Gasteiger partial charge in [0.1, 0.15) is 17.2 Å². The maximum atomic E-state index is 8.67. The molecule has 0 bridgehead atoms. The largest absolute Gasteiger partial charge is 0.508 e. The molecule has 0 aliphatic rings. The predicted octanol–water partition coefficient (Wildman–Crippen LogP) is 0.423. The minimum Gasteiger partial charge on any atom is -0.508 e. The van der Waals surface area contributed by atoms with Gasteiger partial charge in [0.2, 0.25) is 0 Å². The number of phenolic OH excluding ortho intramolecular Hbond substituents is 3. The summed E-state index contributed by atoms with van der Waals surface area (Å²) in [6.07, 6.45) is 0. The molecule has 1 aromatic rings. The van der Waals surface area contributed by atoms with Crippen molar-refractivity contribution in [2.24, 2.45) is 0 Å². The zero-order valence-corrected chi connectivity index (χ0v) is 7.49. The maximum Gasteiger partial charge on any atom is 0.122 e. The van der Waals surface area contributed by atoms with Gasteiger partial charge in [-0.1, -0.05) is 0 Å². The molecule has 0 spiro atoms. The third kappa shape index (κ3) is 2.64.